The van der Waals surface area contributed by atoms with Gasteiger partial charge < -0.3 is 20.1 Å². The van der Waals surface area contributed by atoms with Gasteiger partial charge in [0.05, 0.1) is 36.0 Å². The number of hydrogen-bond acceptors (Lipinski definition) is 7. The molecule has 2 aliphatic rings. The van der Waals surface area contributed by atoms with Gasteiger partial charge >= 0.3 is 0 Å². The average Bonchev–Trinajstić information content (AvgIpc) is 3.62. The molecule has 1 saturated heterocycles. The van der Waals surface area contributed by atoms with Crippen LogP contribution >= 0.6 is 11.6 Å². The Labute approximate surface area is 200 Å². The summed E-state index contributed by atoms with van der Waals surface area (Å²) in [5, 5.41) is 6.65. The van der Waals surface area contributed by atoms with Gasteiger partial charge in [0, 0.05) is 42.3 Å². The Kier molecular flexibility index (Phi) is 6.32. The number of benzene rings is 2. The van der Waals surface area contributed by atoms with Crippen molar-refractivity contribution >= 4 is 45.6 Å². The van der Waals surface area contributed by atoms with E-state index in [9.17, 15) is 9.18 Å². The first-order chi connectivity index (χ1) is 16.5. The van der Waals surface area contributed by atoms with Crippen LogP contribution in [0.15, 0.2) is 48.8 Å². The van der Waals surface area contributed by atoms with E-state index in [-0.39, 0.29) is 10.9 Å². The van der Waals surface area contributed by atoms with Gasteiger partial charge in [-0.2, -0.15) is 0 Å². The lowest BCUT2D eigenvalue weighted by Gasteiger charge is -2.24. The van der Waals surface area contributed by atoms with Crippen LogP contribution in [0.2, 0.25) is 5.02 Å². The number of aromatic nitrogens is 2. The van der Waals surface area contributed by atoms with Crippen LogP contribution < -0.4 is 15.4 Å². The van der Waals surface area contributed by atoms with Gasteiger partial charge in [-0.15, -0.1) is 0 Å². The predicted molar refractivity (Wildman–Crippen MR) is 128 cm³/mol. The molecule has 0 spiro atoms. The molecule has 0 bridgehead atoms. The molecule has 2 N–H and O–H groups in total. The number of nitrogens with one attached hydrogen (secondary N) is 2. The van der Waals surface area contributed by atoms with Crippen molar-refractivity contribution in [1.29, 1.82) is 0 Å². The molecule has 34 heavy (non-hydrogen) atoms. The largest absolute Gasteiger partial charge is 0.494 e. The maximum absolute atomic E-state index is 13.5. The van der Waals surface area contributed by atoms with Gasteiger partial charge in [0.2, 0.25) is 5.91 Å². The summed E-state index contributed by atoms with van der Waals surface area (Å²) in [6.45, 7) is 2.31. The number of carbonyl (C=O) groups is 1. The van der Waals surface area contributed by atoms with Crippen molar-refractivity contribution in [2.45, 2.75) is 18.6 Å². The predicted octanol–water partition coefficient (Wildman–Crippen LogP) is 4.14. The van der Waals surface area contributed by atoms with Gasteiger partial charge in [-0.05, 0) is 30.7 Å². The van der Waals surface area contributed by atoms with Crippen molar-refractivity contribution in [1.82, 2.24) is 14.9 Å². The molecular formula is C24H23ClFN5O3. The maximum Gasteiger partial charge on any atom is 0.248 e. The Morgan fingerprint density at radius 3 is 3.06 bits per heavy atom. The van der Waals surface area contributed by atoms with E-state index in [1.165, 1.54) is 31.6 Å². The minimum absolute atomic E-state index is 0.000874. The quantitative estimate of drug-likeness (QED) is 0.488. The minimum Gasteiger partial charge on any atom is -0.494 e. The van der Waals surface area contributed by atoms with Gasteiger partial charge in [-0.3, -0.25) is 9.69 Å². The van der Waals surface area contributed by atoms with E-state index in [0.29, 0.717) is 52.5 Å². The number of ether oxygens (including phenoxy) is 2. The number of fused-ring (bicyclic) bond motifs is 2. The van der Waals surface area contributed by atoms with Crippen LogP contribution in [-0.4, -0.2) is 59.7 Å². The lowest BCUT2D eigenvalue weighted by atomic mass is 10.1. The van der Waals surface area contributed by atoms with Crippen LogP contribution in [-0.2, 0) is 9.53 Å². The normalized spacial score (nSPS) is 19.7. The van der Waals surface area contributed by atoms with Crippen LogP contribution in [0.25, 0.3) is 10.9 Å². The summed E-state index contributed by atoms with van der Waals surface area (Å²) in [5.41, 5.74) is 1.66. The molecule has 2 heterocycles. The highest BCUT2D eigenvalue weighted by atomic mass is 35.5. The van der Waals surface area contributed by atoms with Crippen LogP contribution in [0.4, 0.5) is 21.6 Å². The van der Waals surface area contributed by atoms with Gasteiger partial charge in [0.1, 0.15) is 23.7 Å². The molecule has 1 aromatic heterocycles. The van der Waals surface area contributed by atoms with Crippen molar-refractivity contribution in [2.75, 3.05) is 37.4 Å². The number of methoxy groups -OCH3 is 1. The number of carbonyl (C=O) groups excluding carboxylic acids is 1. The molecular weight excluding hydrogens is 461 g/mol. The third kappa shape index (κ3) is 4.82. The third-order valence-corrected chi connectivity index (χ3v) is 6.17. The van der Waals surface area contributed by atoms with E-state index >= 15 is 0 Å². The Bertz CT molecular complexity index is 1270. The monoisotopic (exact) mass is 483 g/mol. The van der Waals surface area contributed by atoms with Crippen molar-refractivity contribution < 1.29 is 18.7 Å². The summed E-state index contributed by atoms with van der Waals surface area (Å²) in [6.07, 6.45) is 6.22. The molecule has 3 aromatic rings. The summed E-state index contributed by atoms with van der Waals surface area (Å²) in [5.74, 6) is 0.174. The fraction of sp³-hybridized carbons (Fsp3) is 0.292. The highest BCUT2D eigenvalue weighted by Gasteiger charge is 2.45. The fourth-order valence-corrected chi connectivity index (χ4v) is 4.25. The number of hydrogen-bond donors (Lipinski definition) is 2. The summed E-state index contributed by atoms with van der Waals surface area (Å²) in [4.78, 5) is 23.5. The molecule has 8 nitrogen and oxygen atoms in total. The van der Waals surface area contributed by atoms with Crippen molar-refractivity contribution in [3.63, 3.8) is 0 Å². The van der Waals surface area contributed by atoms with E-state index in [1.807, 2.05) is 6.08 Å². The van der Waals surface area contributed by atoms with E-state index in [0.717, 1.165) is 19.6 Å². The van der Waals surface area contributed by atoms with Crippen LogP contribution in [0, 0.1) is 5.82 Å². The van der Waals surface area contributed by atoms with Crippen LogP contribution in [0.1, 0.15) is 6.42 Å². The molecule has 0 radical (unpaired) electrons. The summed E-state index contributed by atoms with van der Waals surface area (Å²) in [6, 6.07) is 8.24. The van der Waals surface area contributed by atoms with Crippen LogP contribution in [0.3, 0.4) is 0 Å². The molecule has 176 valence electrons. The molecule has 2 fully saturated rings. The van der Waals surface area contributed by atoms with Gasteiger partial charge in [0.25, 0.3) is 0 Å². The van der Waals surface area contributed by atoms with E-state index in [2.05, 4.69) is 25.5 Å². The second-order valence-corrected chi connectivity index (χ2v) is 8.55. The van der Waals surface area contributed by atoms with Gasteiger partial charge in [-0.25, -0.2) is 14.4 Å². The number of morpholine rings is 1. The second kappa shape index (κ2) is 9.54. The highest BCUT2D eigenvalue weighted by molar-refractivity contribution is 6.31. The Morgan fingerprint density at radius 1 is 1.35 bits per heavy atom. The molecule has 2 unspecified atom stereocenters. The number of nitrogens with zero attached hydrogens (tertiary/aromatic N) is 3. The first-order valence-electron chi connectivity index (χ1n) is 10.9. The van der Waals surface area contributed by atoms with Crippen LogP contribution in [0.5, 0.6) is 5.75 Å². The topological polar surface area (TPSA) is 88.6 Å². The molecule has 1 aliphatic carbocycles. The zero-order valence-corrected chi connectivity index (χ0v) is 19.2. The second-order valence-electron chi connectivity index (χ2n) is 8.14. The highest BCUT2D eigenvalue weighted by Crippen LogP contribution is 2.35. The lowest BCUT2D eigenvalue weighted by Crippen LogP contribution is -2.36. The van der Waals surface area contributed by atoms with Gasteiger partial charge in [-0.1, -0.05) is 17.7 Å². The zero-order valence-electron chi connectivity index (χ0n) is 18.4. The standard InChI is InChI=1S/C24H23ClFN5O3/c1-33-21-11-18-15(24(28-13-27-18)29-14-4-5-17(26)16(25)9-14)10-19(21)30-23(32)3-2-6-31-7-8-34-22-12-20(22)31/h2-5,9-11,13,20,22H,6-8,12H2,1H3,(H,30,32)(H,27,28,29). The SMILES string of the molecule is COc1cc2ncnc(Nc3ccc(F)c(Cl)c3)c2cc1NC(=O)C=CCN1CCOC2CC21. The number of halogens is 2. The third-order valence-electron chi connectivity index (χ3n) is 5.89. The smallest absolute Gasteiger partial charge is 0.248 e. The number of rotatable bonds is 7. The minimum atomic E-state index is -0.506. The van der Waals surface area contributed by atoms with E-state index < -0.39 is 5.82 Å². The lowest BCUT2D eigenvalue weighted by molar-refractivity contribution is -0.111. The van der Waals surface area contributed by atoms with Crippen molar-refractivity contribution in [2.24, 2.45) is 0 Å². The Morgan fingerprint density at radius 2 is 2.24 bits per heavy atom. The Balaban J connectivity index is 1.34. The number of anilines is 3. The number of amides is 1. The molecule has 2 aromatic carbocycles. The van der Waals surface area contributed by atoms with Gasteiger partial charge in [0.15, 0.2) is 0 Å². The summed E-state index contributed by atoms with van der Waals surface area (Å²) < 4.78 is 24.6. The molecule has 2 atom stereocenters. The van der Waals surface area contributed by atoms with E-state index in [1.54, 1.807) is 18.2 Å². The summed E-state index contributed by atoms with van der Waals surface area (Å²) in [7, 11) is 1.53. The molecule has 1 aliphatic heterocycles. The van der Waals surface area contributed by atoms with Crippen molar-refractivity contribution in [3.8, 4) is 5.75 Å². The maximum atomic E-state index is 13.5. The molecule has 10 heteroatoms. The fourth-order valence-electron chi connectivity index (χ4n) is 4.07. The Hall–Kier alpha value is -3.27. The molecule has 1 saturated carbocycles. The summed E-state index contributed by atoms with van der Waals surface area (Å²) >= 11 is 5.89. The first kappa shape index (κ1) is 22.5. The first-order valence-corrected chi connectivity index (χ1v) is 11.3. The molecule has 1 amide bonds. The average molecular weight is 484 g/mol. The van der Waals surface area contributed by atoms with Crippen molar-refractivity contribution in [3.05, 3.63) is 59.7 Å². The van der Waals surface area contributed by atoms with E-state index in [4.69, 9.17) is 21.1 Å². The molecule has 5 rings (SSSR count). The zero-order chi connectivity index (χ0) is 23.7.